The van der Waals surface area contributed by atoms with Gasteiger partial charge in [0, 0.05) is 18.3 Å². The van der Waals surface area contributed by atoms with Gasteiger partial charge in [0.25, 0.3) is 0 Å². The molecule has 1 fully saturated rings. The highest BCUT2D eigenvalue weighted by atomic mass is 15.0. The van der Waals surface area contributed by atoms with Crippen LogP contribution >= 0.6 is 0 Å². The van der Waals surface area contributed by atoms with Crippen molar-refractivity contribution in [3.63, 3.8) is 0 Å². The molecule has 1 saturated carbocycles. The van der Waals surface area contributed by atoms with Crippen LogP contribution in [0.15, 0.2) is 24.3 Å². The molecule has 0 spiro atoms. The fourth-order valence-electron chi connectivity index (χ4n) is 3.48. The molecule has 1 aromatic rings. The average molecular weight is 274 g/mol. The Hall–Kier alpha value is -1.02. The van der Waals surface area contributed by atoms with Crippen molar-refractivity contribution < 1.29 is 0 Å². The van der Waals surface area contributed by atoms with Gasteiger partial charge in [0.15, 0.2) is 0 Å². The summed E-state index contributed by atoms with van der Waals surface area (Å²) in [6.07, 6.45) is 5.48. The quantitative estimate of drug-likeness (QED) is 0.857. The van der Waals surface area contributed by atoms with Gasteiger partial charge in [-0.05, 0) is 56.5 Å². The number of nitrogens with zero attached hydrogens (tertiary/aromatic N) is 1. The molecule has 1 aliphatic carbocycles. The summed E-state index contributed by atoms with van der Waals surface area (Å²) in [6.45, 7) is 5.74. The van der Waals surface area contributed by atoms with Crippen LogP contribution in [0.25, 0.3) is 0 Å². The van der Waals surface area contributed by atoms with Gasteiger partial charge in [0.05, 0.1) is 0 Å². The number of rotatable bonds is 5. The Labute approximate surface area is 124 Å². The molecule has 20 heavy (non-hydrogen) atoms. The molecule has 0 amide bonds. The van der Waals surface area contributed by atoms with E-state index in [4.69, 9.17) is 0 Å². The standard InChI is InChI=1S/C18H30N2/c1-14(2)17-10-5-6-11-18(17)19-16-9-7-8-15(12-16)13-20(3)4/h7-9,12,14,17-19H,5-6,10-11,13H2,1-4H3. The zero-order valence-electron chi connectivity index (χ0n) is 13.5. The molecule has 0 bridgehead atoms. The zero-order chi connectivity index (χ0) is 14.5. The van der Waals surface area contributed by atoms with Crippen LogP contribution in [0.2, 0.25) is 0 Å². The van der Waals surface area contributed by atoms with E-state index in [1.54, 1.807) is 0 Å². The zero-order valence-corrected chi connectivity index (χ0v) is 13.5. The Balaban J connectivity index is 2.04. The van der Waals surface area contributed by atoms with Crippen LogP contribution in [0.3, 0.4) is 0 Å². The summed E-state index contributed by atoms with van der Waals surface area (Å²) in [5.74, 6) is 1.60. The second-order valence-corrected chi connectivity index (χ2v) is 6.88. The van der Waals surface area contributed by atoms with Crippen molar-refractivity contribution in [3.05, 3.63) is 29.8 Å². The van der Waals surface area contributed by atoms with E-state index in [0.29, 0.717) is 6.04 Å². The summed E-state index contributed by atoms with van der Waals surface area (Å²) in [5.41, 5.74) is 2.68. The van der Waals surface area contributed by atoms with Gasteiger partial charge in [-0.1, -0.05) is 38.8 Å². The number of benzene rings is 1. The fraction of sp³-hybridized carbons (Fsp3) is 0.667. The molecule has 112 valence electrons. The van der Waals surface area contributed by atoms with E-state index in [2.05, 4.69) is 62.4 Å². The van der Waals surface area contributed by atoms with Crippen LogP contribution < -0.4 is 5.32 Å². The SMILES string of the molecule is CC(C)C1CCCCC1Nc1cccc(CN(C)C)c1. The van der Waals surface area contributed by atoms with Gasteiger partial charge in [-0.25, -0.2) is 0 Å². The molecule has 1 N–H and O–H groups in total. The molecule has 2 unspecified atom stereocenters. The Kier molecular flexibility index (Phi) is 5.47. The molecular formula is C18H30N2. The van der Waals surface area contributed by atoms with Crippen LogP contribution in [-0.4, -0.2) is 25.0 Å². The third kappa shape index (κ3) is 4.24. The Morgan fingerprint density at radius 1 is 1.20 bits per heavy atom. The van der Waals surface area contributed by atoms with Gasteiger partial charge in [-0.2, -0.15) is 0 Å². The predicted octanol–water partition coefficient (Wildman–Crippen LogP) is 4.37. The van der Waals surface area contributed by atoms with Crippen molar-refractivity contribution in [2.24, 2.45) is 11.8 Å². The van der Waals surface area contributed by atoms with Gasteiger partial charge >= 0.3 is 0 Å². The van der Waals surface area contributed by atoms with Crippen molar-refractivity contribution in [1.82, 2.24) is 4.90 Å². The molecule has 2 atom stereocenters. The summed E-state index contributed by atoms with van der Waals surface area (Å²) in [7, 11) is 4.24. The van der Waals surface area contributed by atoms with E-state index in [1.165, 1.54) is 36.9 Å². The van der Waals surface area contributed by atoms with Gasteiger partial charge in [-0.3, -0.25) is 0 Å². The minimum atomic E-state index is 0.651. The fourth-order valence-corrected chi connectivity index (χ4v) is 3.48. The maximum atomic E-state index is 3.81. The lowest BCUT2D eigenvalue weighted by Gasteiger charge is -2.35. The third-order valence-electron chi connectivity index (χ3n) is 4.45. The first-order valence-electron chi connectivity index (χ1n) is 8.06. The van der Waals surface area contributed by atoms with Gasteiger partial charge < -0.3 is 10.2 Å². The molecule has 2 nitrogen and oxygen atoms in total. The van der Waals surface area contributed by atoms with E-state index in [0.717, 1.165) is 18.4 Å². The highest BCUT2D eigenvalue weighted by Gasteiger charge is 2.27. The van der Waals surface area contributed by atoms with E-state index >= 15 is 0 Å². The first-order valence-corrected chi connectivity index (χ1v) is 8.06. The summed E-state index contributed by atoms with van der Waals surface area (Å²) in [6, 6.07) is 9.57. The minimum Gasteiger partial charge on any atom is -0.382 e. The first-order chi connectivity index (χ1) is 9.56. The maximum absolute atomic E-state index is 3.81. The number of anilines is 1. The van der Waals surface area contributed by atoms with Crippen LogP contribution in [0.4, 0.5) is 5.69 Å². The molecule has 2 heteroatoms. The number of hydrogen-bond acceptors (Lipinski definition) is 2. The van der Waals surface area contributed by atoms with Crippen molar-refractivity contribution in [1.29, 1.82) is 0 Å². The molecule has 0 aromatic heterocycles. The molecule has 0 radical (unpaired) electrons. The Morgan fingerprint density at radius 2 is 1.95 bits per heavy atom. The summed E-state index contributed by atoms with van der Waals surface area (Å²) in [5, 5.41) is 3.81. The molecular weight excluding hydrogens is 244 g/mol. The first kappa shape index (κ1) is 15.4. The average Bonchev–Trinajstić information content (AvgIpc) is 2.38. The van der Waals surface area contributed by atoms with E-state index in [1.807, 2.05) is 0 Å². The van der Waals surface area contributed by atoms with Crippen molar-refractivity contribution in [3.8, 4) is 0 Å². The summed E-state index contributed by atoms with van der Waals surface area (Å²) in [4.78, 5) is 2.22. The van der Waals surface area contributed by atoms with Gasteiger partial charge in [-0.15, -0.1) is 0 Å². The molecule has 1 aromatic carbocycles. The van der Waals surface area contributed by atoms with Crippen LogP contribution in [0.1, 0.15) is 45.1 Å². The summed E-state index contributed by atoms with van der Waals surface area (Å²) >= 11 is 0. The lowest BCUT2D eigenvalue weighted by Crippen LogP contribution is -2.35. The second kappa shape index (κ2) is 7.12. The smallest absolute Gasteiger partial charge is 0.0345 e. The molecule has 0 aliphatic heterocycles. The van der Waals surface area contributed by atoms with Crippen molar-refractivity contribution in [2.75, 3.05) is 19.4 Å². The van der Waals surface area contributed by atoms with E-state index < -0.39 is 0 Å². The minimum absolute atomic E-state index is 0.651. The topological polar surface area (TPSA) is 15.3 Å². The lowest BCUT2D eigenvalue weighted by atomic mass is 9.78. The highest BCUT2D eigenvalue weighted by molar-refractivity contribution is 5.46. The molecule has 1 aliphatic rings. The number of nitrogens with one attached hydrogen (secondary N) is 1. The maximum Gasteiger partial charge on any atom is 0.0345 e. The largest absolute Gasteiger partial charge is 0.382 e. The molecule has 0 saturated heterocycles. The van der Waals surface area contributed by atoms with Crippen molar-refractivity contribution in [2.45, 2.75) is 52.1 Å². The van der Waals surface area contributed by atoms with Crippen molar-refractivity contribution >= 4 is 5.69 Å². The molecule has 0 heterocycles. The van der Waals surface area contributed by atoms with Crippen LogP contribution in [0, 0.1) is 11.8 Å². The van der Waals surface area contributed by atoms with Gasteiger partial charge in [0.2, 0.25) is 0 Å². The third-order valence-corrected chi connectivity index (χ3v) is 4.45. The van der Waals surface area contributed by atoms with Gasteiger partial charge in [0.1, 0.15) is 0 Å². The Bertz CT molecular complexity index is 412. The number of hydrogen-bond donors (Lipinski definition) is 1. The second-order valence-electron chi connectivity index (χ2n) is 6.88. The predicted molar refractivity (Wildman–Crippen MR) is 88.0 cm³/mol. The van der Waals surface area contributed by atoms with E-state index in [-0.39, 0.29) is 0 Å². The van der Waals surface area contributed by atoms with Crippen LogP contribution in [-0.2, 0) is 6.54 Å². The Morgan fingerprint density at radius 3 is 2.65 bits per heavy atom. The molecule has 2 rings (SSSR count). The summed E-state index contributed by atoms with van der Waals surface area (Å²) < 4.78 is 0. The monoisotopic (exact) mass is 274 g/mol. The lowest BCUT2D eigenvalue weighted by molar-refractivity contribution is 0.254. The van der Waals surface area contributed by atoms with E-state index in [9.17, 15) is 0 Å². The normalized spacial score (nSPS) is 23.3. The van der Waals surface area contributed by atoms with Crippen LogP contribution in [0.5, 0.6) is 0 Å². The highest BCUT2D eigenvalue weighted by Crippen LogP contribution is 2.32.